The lowest BCUT2D eigenvalue weighted by Crippen LogP contribution is -2.15. The number of alkyl halides is 6. The van der Waals surface area contributed by atoms with Crippen molar-refractivity contribution in [3.63, 3.8) is 0 Å². The largest absolute Gasteiger partial charge is 0.416 e. The van der Waals surface area contributed by atoms with E-state index < -0.39 is 23.5 Å². The molecule has 0 bridgehead atoms. The van der Waals surface area contributed by atoms with Crippen LogP contribution in [0.15, 0.2) is 23.3 Å². The van der Waals surface area contributed by atoms with Crippen molar-refractivity contribution in [2.75, 3.05) is 0 Å². The van der Waals surface area contributed by atoms with Gasteiger partial charge in [0.1, 0.15) is 7.85 Å². The topological polar surface area (TPSA) is 0 Å². The van der Waals surface area contributed by atoms with Gasteiger partial charge in [-0.15, -0.1) is 0 Å². The number of rotatable bonds is 4. The van der Waals surface area contributed by atoms with Crippen LogP contribution in [0.25, 0.3) is 0 Å². The molecule has 0 fully saturated rings. The third kappa shape index (κ3) is 6.73. The molecule has 0 rings (SSSR count). The maximum absolute atomic E-state index is 12.7. The van der Waals surface area contributed by atoms with Gasteiger partial charge in [0.25, 0.3) is 0 Å². The van der Waals surface area contributed by atoms with Crippen LogP contribution < -0.4 is 0 Å². The lowest BCUT2D eigenvalue weighted by molar-refractivity contribution is -0.0954. The Hall–Kier alpha value is -0.875. The summed E-state index contributed by atoms with van der Waals surface area (Å²) >= 11 is 0. The van der Waals surface area contributed by atoms with E-state index in [1.165, 1.54) is 0 Å². The zero-order chi connectivity index (χ0) is 15.5. The van der Waals surface area contributed by atoms with Crippen LogP contribution in [0.2, 0.25) is 5.31 Å². The molecular formula is C12H17BF6. The van der Waals surface area contributed by atoms with E-state index in [0.717, 1.165) is 6.08 Å². The van der Waals surface area contributed by atoms with Crippen LogP contribution in [0.3, 0.4) is 0 Å². The normalized spacial score (nSPS) is 18.4. The highest BCUT2D eigenvalue weighted by Gasteiger charge is 2.36. The molecule has 0 aliphatic carbocycles. The van der Waals surface area contributed by atoms with Gasteiger partial charge >= 0.3 is 12.4 Å². The molecule has 0 amide bonds. The Balaban J connectivity index is 5.34. The molecule has 110 valence electrons. The van der Waals surface area contributed by atoms with E-state index >= 15 is 0 Å². The molecule has 0 nitrogen and oxygen atoms in total. The Morgan fingerprint density at radius 3 is 1.84 bits per heavy atom. The standard InChI is InChI=1S/C12H17BF6/c1-4-10(3,13)6-5-9(12(17,18)19)7-8(2)11(14,15)16/h5,7H,4,6,13H2,1-3H3/b8-7+,9-5+. The molecule has 0 heterocycles. The van der Waals surface area contributed by atoms with Crippen molar-refractivity contribution in [3.05, 3.63) is 23.3 Å². The van der Waals surface area contributed by atoms with Gasteiger partial charge in [0.2, 0.25) is 0 Å². The lowest BCUT2D eigenvalue weighted by atomic mass is 9.66. The fourth-order valence-electron chi connectivity index (χ4n) is 1.10. The predicted octanol–water partition coefficient (Wildman–Crippen LogP) is 4.60. The summed E-state index contributed by atoms with van der Waals surface area (Å²) in [5.74, 6) is 0. The molecule has 0 aromatic carbocycles. The highest BCUT2D eigenvalue weighted by atomic mass is 19.4. The van der Waals surface area contributed by atoms with Crippen molar-refractivity contribution in [2.24, 2.45) is 0 Å². The fraction of sp³-hybridized carbons (Fsp3) is 0.667. The van der Waals surface area contributed by atoms with Crippen LogP contribution in [0, 0.1) is 0 Å². The molecule has 0 spiro atoms. The van der Waals surface area contributed by atoms with Gasteiger partial charge < -0.3 is 0 Å². The third-order valence-corrected chi connectivity index (χ3v) is 2.98. The first-order valence-corrected chi connectivity index (χ1v) is 5.82. The van der Waals surface area contributed by atoms with Crippen molar-refractivity contribution in [1.82, 2.24) is 0 Å². The number of halogens is 6. The van der Waals surface area contributed by atoms with E-state index in [1.54, 1.807) is 14.8 Å². The second-order valence-corrected chi connectivity index (χ2v) is 5.20. The molecule has 19 heavy (non-hydrogen) atoms. The maximum atomic E-state index is 12.7. The van der Waals surface area contributed by atoms with Crippen molar-refractivity contribution in [1.29, 1.82) is 0 Å². The second kappa shape index (κ2) is 6.05. The van der Waals surface area contributed by atoms with E-state index in [1.807, 2.05) is 6.92 Å². The van der Waals surface area contributed by atoms with Crippen LogP contribution in [-0.4, -0.2) is 20.2 Å². The summed E-state index contributed by atoms with van der Waals surface area (Å²) < 4.78 is 74.8. The molecule has 0 saturated heterocycles. The van der Waals surface area contributed by atoms with Gasteiger partial charge in [-0.05, 0) is 19.4 Å². The minimum Gasteiger partial charge on any atom is -0.166 e. The molecule has 0 aromatic heterocycles. The number of hydrogen-bond donors (Lipinski definition) is 0. The Morgan fingerprint density at radius 1 is 1.05 bits per heavy atom. The molecule has 0 radical (unpaired) electrons. The van der Waals surface area contributed by atoms with E-state index in [2.05, 4.69) is 0 Å². The van der Waals surface area contributed by atoms with E-state index in [0.29, 0.717) is 13.3 Å². The number of allylic oxidation sites excluding steroid dienone is 4. The molecule has 7 heteroatoms. The molecule has 1 atom stereocenters. The molecular weight excluding hydrogens is 269 g/mol. The van der Waals surface area contributed by atoms with Gasteiger partial charge in [0.05, 0.1) is 5.57 Å². The predicted molar refractivity (Wildman–Crippen MR) is 65.8 cm³/mol. The summed E-state index contributed by atoms with van der Waals surface area (Å²) in [4.78, 5) is 0. The maximum Gasteiger partial charge on any atom is 0.416 e. The average Bonchev–Trinajstić information content (AvgIpc) is 2.20. The summed E-state index contributed by atoms with van der Waals surface area (Å²) in [6.45, 7) is 4.21. The molecule has 0 saturated carbocycles. The van der Waals surface area contributed by atoms with Gasteiger partial charge in [-0.25, -0.2) is 0 Å². The highest BCUT2D eigenvalue weighted by molar-refractivity contribution is 6.14. The van der Waals surface area contributed by atoms with Crippen molar-refractivity contribution < 1.29 is 26.3 Å². The van der Waals surface area contributed by atoms with Crippen LogP contribution >= 0.6 is 0 Å². The minimum absolute atomic E-state index is 0.0694. The minimum atomic E-state index is -4.78. The van der Waals surface area contributed by atoms with Gasteiger partial charge in [0.15, 0.2) is 0 Å². The van der Waals surface area contributed by atoms with Crippen LogP contribution in [-0.2, 0) is 0 Å². The summed E-state index contributed by atoms with van der Waals surface area (Å²) in [5, 5.41) is -0.378. The highest BCUT2D eigenvalue weighted by Crippen LogP contribution is 2.36. The second-order valence-electron chi connectivity index (χ2n) is 5.20. The smallest absolute Gasteiger partial charge is 0.166 e. The Kier molecular flexibility index (Phi) is 5.77. The van der Waals surface area contributed by atoms with E-state index in [4.69, 9.17) is 0 Å². The van der Waals surface area contributed by atoms with Crippen molar-refractivity contribution >= 4 is 7.85 Å². The first kappa shape index (κ1) is 18.1. The number of hydrogen-bond acceptors (Lipinski definition) is 0. The van der Waals surface area contributed by atoms with E-state index in [9.17, 15) is 26.3 Å². The molecule has 0 aliphatic rings. The van der Waals surface area contributed by atoms with E-state index in [-0.39, 0.29) is 17.8 Å². The monoisotopic (exact) mass is 286 g/mol. The van der Waals surface area contributed by atoms with Crippen molar-refractivity contribution in [2.45, 2.75) is 51.3 Å². The average molecular weight is 286 g/mol. The van der Waals surface area contributed by atoms with Crippen molar-refractivity contribution in [3.8, 4) is 0 Å². The molecule has 0 aromatic rings. The van der Waals surface area contributed by atoms with Gasteiger partial charge in [0, 0.05) is 5.57 Å². The first-order chi connectivity index (χ1) is 8.29. The lowest BCUT2D eigenvalue weighted by Gasteiger charge is -2.21. The summed E-state index contributed by atoms with van der Waals surface area (Å²) in [6, 6.07) is 0. The zero-order valence-corrected chi connectivity index (χ0v) is 11.3. The van der Waals surface area contributed by atoms with Crippen LogP contribution in [0.4, 0.5) is 26.3 Å². The Labute approximate surface area is 110 Å². The van der Waals surface area contributed by atoms with Gasteiger partial charge in [-0.1, -0.05) is 31.7 Å². The zero-order valence-electron chi connectivity index (χ0n) is 11.3. The third-order valence-electron chi connectivity index (χ3n) is 2.98. The SMILES string of the molecule is BC(C)(CC)C/C=C(\C=C(/C)C(F)(F)F)C(F)(F)F. The molecule has 0 N–H and O–H groups in total. The van der Waals surface area contributed by atoms with Gasteiger partial charge in [-0.3, -0.25) is 0 Å². The molecule has 1 unspecified atom stereocenters. The first-order valence-electron chi connectivity index (χ1n) is 5.82. The molecule has 0 aliphatic heterocycles. The van der Waals surface area contributed by atoms with Crippen LogP contribution in [0.1, 0.15) is 33.6 Å². The Morgan fingerprint density at radius 2 is 1.53 bits per heavy atom. The summed E-state index contributed by atoms with van der Waals surface area (Å²) in [7, 11) is 1.76. The summed E-state index contributed by atoms with van der Waals surface area (Å²) in [5.41, 5.74) is -2.51. The summed E-state index contributed by atoms with van der Waals surface area (Å²) in [6.07, 6.45) is -7.83. The Bertz CT molecular complexity index is 359. The van der Waals surface area contributed by atoms with Gasteiger partial charge in [-0.2, -0.15) is 26.3 Å². The van der Waals surface area contributed by atoms with Crippen LogP contribution in [0.5, 0.6) is 0 Å². The fourth-order valence-corrected chi connectivity index (χ4v) is 1.10. The quantitative estimate of drug-likeness (QED) is 0.402.